The number of ether oxygens (including phenoxy) is 1. The quantitative estimate of drug-likeness (QED) is 0.775. The molecule has 1 radical (unpaired) electrons. The predicted octanol–water partition coefficient (Wildman–Crippen LogP) is 2.51. The number of hydrogen-bond acceptors (Lipinski definition) is 4. The standard InChI is InChI=1S/C21H26N3O4/c1-20(2)11-15(21(3,4)24(20)27)18(25)23-17(19(26)28-5)10-13-12-22-16-9-7-6-8-14(13)16/h6-9,11-12,17,22H,10H2,1-5H3,(H,23,25). The van der Waals surface area contributed by atoms with Crippen molar-refractivity contribution in [2.45, 2.75) is 51.2 Å². The van der Waals surface area contributed by atoms with E-state index in [1.165, 1.54) is 7.11 Å². The van der Waals surface area contributed by atoms with Crippen molar-refractivity contribution in [1.82, 2.24) is 15.4 Å². The number of nitrogens with one attached hydrogen (secondary N) is 2. The van der Waals surface area contributed by atoms with Crippen LogP contribution in [0.15, 0.2) is 42.1 Å². The minimum absolute atomic E-state index is 0.278. The summed E-state index contributed by atoms with van der Waals surface area (Å²) >= 11 is 0. The number of H-pyrrole nitrogens is 1. The molecule has 1 aliphatic heterocycles. The summed E-state index contributed by atoms with van der Waals surface area (Å²) in [6.07, 6.45) is 3.77. The lowest BCUT2D eigenvalue weighted by Crippen LogP contribution is -2.50. The van der Waals surface area contributed by atoms with Crippen LogP contribution in [0.5, 0.6) is 0 Å². The average Bonchev–Trinajstić information content (AvgIpc) is 3.13. The number of para-hydroxylation sites is 1. The molecule has 7 nitrogen and oxygen atoms in total. The van der Waals surface area contributed by atoms with Crippen LogP contribution in [0, 0.1) is 0 Å². The van der Waals surface area contributed by atoms with Crippen LogP contribution in [0.3, 0.4) is 0 Å². The van der Waals surface area contributed by atoms with Gasteiger partial charge in [-0.15, -0.1) is 10.3 Å². The second-order valence-electron chi connectivity index (χ2n) is 8.18. The zero-order chi connectivity index (χ0) is 20.7. The number of methoxy groups -OCH3 is 1. The Morgan fingerprint density at radius 3 is 2.50 bits per heavy atom. The number of aromatic amines is 1. The van der Waals surface area contributed by atoms with E-state index in [9.17, 15) is 14.8 Å². The number of esters is 1. The largest absolute Gasteiger partial charge is 0.467 e. The van der Waals surface area contributed by atoms with Crippen LogP contribution in [0.25, 0.3) is 10.9 Å². The lowest BCUT2D eigenvalue weighted by Gasteiger charge is -2.33. The Morgan fingerprint density at radius 2 is 1.89 bits per heavy atom. The minimum Gasteiger partial charge on any atom is -0.467 e. The lowest BCUT2D eigenvalue weighted by atomic mass is 9.95. The van der Waals surface area contributed by atoms with Crippen LogP contribution in [0.4, 0.5) is 0 Å². The summed E-state index contributed by atoms with van der Waals surface area (Å²) in [5.74, 6) is -0.972. The van der Waals surface area contributed by atoms with Crippen LogP contribution >= 0.6 is 0 Å². The van der Waals surface area contributed by atoms with Gasteiger partial charge in [0.1, 0.15) is 6.04 Å². The predicted molar refractivity (Wildman–Crippen MR) is 105 cm³/mol. The molecule has 28 heavy (non-hydrogen) atoms. The maximum atomic E-state index is 13.0. The molecular weight excluding hydrogens is 358 g/mol. The van der Waals surface area contributed by atoms with Crippen LogP contribution in [-0.4, -0.2) is 46.2 Å². The molecule has 1 aliphatic rings. The van der Waals surface area contributed by atoms with Gasteiger partial charge in [-0.25, -0.2) is 4.79 Å². The van der Waals surface area contributed by atoms with E-state index < -0.39 is 29.0 Å². The monoisotopic (exact) mass is 384 g/mol. The van der Waals surface area contributed by atoms with E-state index in [0.29, 0.717) is 5.57 Å². The first kappa shape index (κ1) is 20.1. The first-order chi connectivity index (χ1) is 13.1. The number of benzene rings is 1. The van der Waals surface area contributed by atoms with Gasteiger partial charge < -0.3 is 15.0 Å². The third-order valence-electron chi connectivity index (χ3n) is 5.32. The van der Waals surface area contributed by atoms with E-state index >= 15 is 0 Å². The Balaban J connectivity index is 1.86. The SMILES string of the molecule is COC(=O)C(Cc1c[nH]c2ccccc12)NC(=O)C1=CC(C)(C)N([O])C1(C)C. The Hall–Kier alpha value is -2.64. The zero-order valence-electron chi connectivity index (χ0n) is 16.8. The number of amides is 1. The number of rotatable bonds is 5. The highest BCUT2D eigenvalue weighted by molar-refractivity contribution is 5.99. The van der Waals surface area contributed by atoms with Crippen LogP contribution < -0.4 is 5.32 Å². The van der Waals surface area contributed by atoms with E-state index in [2.05, 4.69) is 10.3 Å². The summed E-state index contributed by atoms with van der Waals surface area (Å²) in [6, 6.07) is 6.88. The first-order valence-corrected chi connectivity index (χ1v) is 9.22. The Kier molecular flexibility index (Phi) is 5.08. The number of aromatic nitrogens is 1. The molecule has 3 rings (SSSR count). The molecule has 1 aromatic heterocycles. The van der Waals surface area contributed by atoms with Gasteiger partial charge in [0, 0.05) is 29.1 Å². The molecule has 2 heterocycles. The van der Waals surface area contributed by atoms with Gasteiger partial charge in [-0.05, 0) is 39.3 Å². The molecule has 0 spiro atoms. The number of carbonyl (C=O) groups excluding carboxylic acids is 2. The topological polar surface area (TPSA) is 94.3 Å². The van der Waals surface area contributed by atoms with Crippen molar-refractivity contribution in [3.63, 3.8) is 0 Å². The van der Waals surface area contributed by atoms with Gasteiger partial charge in [-0.2, -0.15) is 0 Å². The van der Waals surface area contributed by atoms with Crippen molar-refractivity contribution in [2.75, 3.05) is 7.11 Å². The highest BCUT2D eigenvalue weighted by atomic mass is 16.5. The molecule has 1 aromatic carbocycles. The number of hydroxylamine groups is 2. The number of fused-ring (bicyclic) bond motifs is 1. The number of carbonyl (C=O) groups is 2. The normalized spacial score (nSPS) is 19.3. The van der Waals surface area contributed by atoms with Crippen molar-refractivity contribution in [1.29, 1.82) is 0 Å². The van der Waals surface area contributed by atoms with Crippen LogP contribution in [-0.2, 0) is 26.0 Å². The van der Waals surface area contributed by atoms with E-state index in [1.807, 2.05) is 30.5 Å². The van der Waals surface area contributed by atoms with Gasteiger partial charge in [0.15, 0.2) is 0 Å². The van der Waals surface area contributed by atoms with Crippen LogP contribution in [0.2, 0.25) is 0 Å². The fraction of sp³-hybridized carbons (Fsp3) is 0.429. The van der Waals surface area contributed by atoms with E-state index in [1.54, 1.807) is 33.8 Å². The fourth-order valence-corrected chi connectivity index (χ4v) is 3.85. The van der Waals surface area contributed by atoms with E-state index in [0.717, 1.165) is 21.5 Å². The maximum absolute atomic E-state index is 13.0. The lowest BCUT2D eigenvalue weighted by molar-refractivity contribution is -0.238. The molecule has 1 amide bonds. The second-order valence-corrected chi connectivity index (χ2v) is 8.18. The third-order valence-corrected chi connectivity index (χ3v) is 5.32. The molecule has 0 bridgehead atoms. The van der Waals surface area contributed by atoms with Gasteiger partial charge in [-0.1, -0.05) is 24.3 Å². The maximum Gasteiger partial charge on any atom is 0.328 e. The highest BCUT2D eigenvalue weighted by Crippen LogP contribution is 2.38. The molecule has 0 saturated heterocycles. The molecule has 2 N–H and O–H groups in total. The van der Waals surface area contributed by atoms with Crippen molar-refractivity contribution in [3.05, 3.63) is 47.7 Å². The summed E-state index contributed by atoms with van der Waals surface area (Å²) in [6.45, 7) is 6.91. The number of nitrogens with zero attached hydrogens (tertiary/aromatic N) is 1. The van der Waals surface area contributed by atoms with Crippen molar-refractivity contribution >= 4 is 22.8 Å². The van der Waals surface area contributed by atoms with Crippen molar-refractivity contribution in [3.8, 4) is 0 Å². The minimum atomic E-state index is -0.991. The van der Waals surface area contributed by atoms with Gasteiger partial charge in [0.05, 0.1) is 18.2 Å². The molecule has 7 heteroatoms. The number of hydrogen-bond donors (Lipinski definition) is 2. The summed E-state index contributed by atoms with van der Waals surface area (Å²) in [7, 11) is 1.29. The molecule has 0 fully saturated rings. The van der Waals surface area contributed by atoms with Gasteiger partial charge in [0.25, 0.3) is 0 Å². The van der Waals surface area contributed by atoms with Gasteiger partial charge in [-0.3, -0.25) is 4.79 Å². The smallest absolute Gasteiger partial charge is 0.328 e. The third kappa shape index (κ3) is 3.43. The summed E-state index contributed by atoms with van der Waals surface area (Å²) in [5, 5.41) is 17.2. The summed E-state index contributed by atoms with van der Waals surface area (Å²) in [4.78, 5) is 28.5. The summed E-state index contributed by atoms with van der Waals surface area (Å²) < 4.78 is 4.90. The molecule has 0 saturated carbocycles. The molecule has 0 aliphatic carbocycles. The molecule has 2 aromatic rings. The second kappa shape index (κ2) is 7.07. The highest BCUT2D eigenvalue weighted by Gasteiger charge is 2.49. The average molecular weight is 384 g/mol. The Bertz CT molecular complexity index is 942. The van der Waals surface area contributed by atoms with E-state index in [-0.39, 0.29) is 6.42 Å². The van der Waals surface area contributed by atoms with Gasteiger partial charge >= 0.3 is 5.97 Å². The van der Waals surface area contributed by atoms with E-state index in [4.69, 9.17) is 4.74 Å². The molecular formula is C21H26N3O4. The van der Waals surface area contributed by atoms with Crippen molar-refractivity contribution in [2.24, 2.45) is 0 Å². The Morgan fingerprint density at radius 1 is 1.21 bits per heavy atom. The van der Waals surface area contributed by atoms with Gasteiger partial charge in [0.2, 0.25) is 5.91 Å². The fourth-order valence-electron chi connectivity index (χ4n) is 3.85. The van der Waals surface area contributed by atoms with Crippen molar-refractivity contribution < 1.29 is 19.5 Å². The molecule has 1 atom stereocenters. The zero-order valence-corrected chi connectivity index (χ0v) is 16.8. The first-order valence-electron chi connectivity index (χ1n) is 9.22. The molecule has 149 valence electrons. The Labute approximate surface area is 164 Å². The van der Waals surface area contributed by atoms with Crippen LogP contribution in [0.1, 0.15) is 33.3 Å². The molecule has 1 unspecified atom stereocenters. The summed E-state index contributed by atoms with van der Waals surface area (Å²) in [5.41, 5.74) is 0.413.